The first-order valence-corrected chi connectivity index (χ1v) is 12.8. The number of hydrogen-bond acceptors (Lipinski definition) is 4. The molecule has 5 rings (SSSR count). The van der Waals surface area contributed by atoms with Crippen molar-refractivity contribution >= 4 is 6.03 Å². The lowest BCUT2D eigenvalue weighted by atomic mass is 9.80. The van der Waals surface area contributed by atoms with Gasteiger partial charge in [-0.25, -0.2) is 4.79 Å². The Kier molecular flexibility index (Phi) is 5.62. The predicted molar refractivity (Wildman–Crippen MR) is 128 cm³/mol. The van der Waals surface area contributed by atoms with E-state index >= 15 is 0 Å². The Hall–Kier alpha value is -1.89. The first-order chi connectivity index (χ1) is 15.7. The van der Waals surface area contributed by atoms with Crippen molar-refractivity contribution in [2.24, 2.45) is 17.8 Å². The number of rotatable bonds is 7. The van der Waals surface area contributed by atoms with Crippen LogP contribution in [0.5, 0.6) is 0 Å². The van der Waals surface area contributed by atoms with Crippen molar-refractivity contribution in [3.8, 4) is 0 Å². The van der Waals surface area contributed by atoms with Gasteiger partial charge < -0.3 is 15.5 Å². The molecular weight excluding hydrogens is 414 g/mol. The van der Waals surface area contributed by atoms with Crippen LogP contribution in [0.1, 0.15) is 58.9 Å². The number of carbonyl (C=O) groups is 1. The first-order valence-electron chi connectivity index (χ1n) is 12.8. The van der Waals surface area contributed by atoms with Crippen LogP contribution in [0.2, 0.25) is 0 Å². The molecule has 3 N–H and O–H groups in total. The van der Waals surface area contributed by atoms with Crippen LogP contribution in [0.25, 0.3) is 0 Å². The van der Waals surface area contributed by atoms with Gasteiger partial charge in [0, 0.05) is 47.8 Å². The molecule has 6 unspecified atom stereocenters. The molecule has 2 amide bonds. The predicted octanol–water partition coefficient (Wildman–Crippen LogP) is 3.50. The number of nitrogens with zero attached hydrogens (tertiary/aromatic N) is 2. The van der Waals surface area contributed by atoms with Crippen LogP contribution in [-0.4, -0.2) is 62.5 Å². The number of aliphatic hydroxyl groups excluding tert-OH is 1. The van der Waals surface area contributed by atoms with Crippen molar-refractivity contribution in [1.29, 1.82) is 0 Å². The second-order valence-corrected chi connectivity index (χ2v) is 11.1. The van der Waals surface area contributed by atoms with E-state index in [1.54, 1.807) is 11.8 Å². The summed E-state index contributed by atoms with van der Waals surface area (Å²) < 4.78 is 0. The fraction of sp³-hybridized carbons (Fsp3) is 0.667. The van der Waals surface area contributed by atoms with Gasteiger partial charge in [-0.15, -0.1) is 0 Å². The normalized spacial score (nSPS) is 37.7. The van der Waals surface area contributed by atoms with Crippen molar-refractivity contribution in [3.63, 3.8) is 0 Å². The Bertz CT molecular complexity index is 943. The van der Waals surface area contributed by atoms with E-state index in [2.05, 4.69) is 43.4 Å². The minimum Gasteiger partial charge on any atom is -0.392 e. The monoisotopic (exact) mass is 453 g/mol. The highest BCUT2D eigenvalue weighted by Crippen LogP contribution is 2.66. The zero-order chi connectivity index (χ0) is 23.5. The smallest absolute Gasteiger partial charge is 0.326 e. The molecule has 6 atom stereocenters. The van der Waals surface area contributed by atoms with E-state index in [9.17, 15) is 15.0 Å². The summed E-state index contributed by atoms with van der Waals surface area (Å²) in [7, 11) is 0. The number of carbonyl (C=O) groups excluding carboxylic acids is 1. The van der Waals surface area contributed by atoms with Gasteiger partial charge >= 0.3 is 6.03 Å². The summed E-state index contributed by atoms with van der Waals surface area (Å²) in [4.78, 5) is 17.2. The van der Waals surface area contributed by atoms with Crippen LogP contribution in [0.4, 0.5) is 4.79 Å². The summed E-state index contributed by atoms with van der Waals surface area (Å²) in [6.07, 6.45) is 4.30. The lowest BCUT2D eigenvalue weighted by Crippen LogP contribution is -2.61. The lowest BCUT2D eigenvalue weighted by molar-refractivity contribution is -0.0579. The number of hydrogen-bond donors (Lipinski definition) is 3. The van der Waals surface area contributed by atoms with Crippen molar-refractivity contribution in [2.45, 2.75) is 83.2 Å². The summed E-state index contributed by atoms with van der Waals surface area (Å²) in [6, 6.07) is 10.5. The minimum absolute atomic E-state index is 0.0690. The molecule has 1 aliphatic heterocycles. The molecule has 1 aromatic carbocycles. The highest BCUT2D eigenvalue weighted by molar-refractivity contribution is 5.81. The van der Waals surface area contributed by atoms with E-state index in [0.29, 0.717) is 19.0 Å². The maximum atomic E-state index is 13.6. The molecular formula is C27H39N3O3. The number of benzene rings is 1. The number of likely N-dealkylation sites (N-methyl/N-ethyl adjacent to an activating group) is 1. The van der Waals surface area contributed by atoms with Gasteiger partial charge in [-0.2, -0.15) is 0 Å². The summed E-state index contributed by atoms with van der Waals surface area (Å²) in [5.74, 6) is 0.595. The largest absolute Gasteiger partial charge is 0.392 e. The molecule has 33 heavy (non-hydrogen) atoms. The maximum Gasteiger partial charge on any atom is 0.326 e. The molecule has 0 aromatic heterocycles. The molecule has 0 spiro atoms. The van der Waals surface area contributed by atoms with Crippen LogP contribution in [0.3, 0.4) is 0 Å². The van der Waals surface area contributed by atoms with Gasteiger partial charge in [0.1, 0.15) is 0 Å². The van der Waals surface area contributed by atoms with E-state index in [-0.39, 0.29) is 35.6 Å². The molecule has 0 radical (unpaired) electrons. The van der Waals surface area contributed by atoms with Gasteiger partial charge in [-0.1, -0.05) is 44.2 Å². The summed E-state index contributed by atoms with van der Waals surface area (Å²) >= 11 is 0. The molecule has 0 bridgehead atoms. The third-order valence-electron chi connectivity index (χ3n) is 8.45. The van der Waals surface area contributed by atoms with Crippen molar-refractivity contribution in [3.05, 3.63) is 47.2 Å². The van der Waals surface area contributed by atoms with Gasteiger partial charge in [0.25, 0.3) is 0 Å². The SMILES string of the molecule is CCN1C(=O)N(CC(C)C)C2=C(C(Cc3ccccc3)C3(NC4CCCC4O)CC23)C1(C)O. The van der Waals surface area contributed by atoms with Crippen LogP contribution in [0.15, 0.2) is 41.6 Å². The van der Waals surface area contributed by atoms with E-state index in [1.165, 1.54) is 5.56 Å². The Morgan fingerprint density at radius 3 is 2.55 bits per heavy atom. The Morgan fingerprint density at radius 1 is 1.21 bits per heavy atom. The van der Waals surface area contributed by atoms with E-state index in [1.807, 2.05) is 17.9 Å². The number of aliphatic hydroxyl groups is 2. The fourth-order valence-electron chi connectivity index (χ4n) is 6.95. The minimum atomic E-state index is -1.31. The Morgan fingerprint density at radius 2 is 1.94 bits per heavy atom. The van der Waals surface area contributed by atoms with Gasteiger partial charge in [0.2, 0.25) is 0 Å². The first kappa shape index (κ1) is 22.9. The second-order valence-electron chi connectivity index (χ2n) is 11.1. The number of nitrogens with one attached hydrogen (secondary N) is 1. The summed E-state index contributed by atoms with van der Waals surface area (Å²) in [5.41, 5.74) is 1.76. The van der Waals surface area contributed by atoms with Gasteiger partial charge in [-0.05, 0) is 57.4 Å². The maximum absolute atomic E-state index is 13.6. The number of urea groups is 1. The highest BCUT2D eigenvalue weighted by atomic mass is 16.3. The van der Waals surface area contributed by atoms with Crippen molar-refractivity contribution in [2.75, 3.05) is 13.1 Å². The van der Waals surface area contributed by atoms with E-state index in [4.69, 9.17) is 0 Å². The molecule has 2 fully saturated rings. The molecule has 1 aromatic rings. The molecule has 0 saturated heterocycles. The number of amides is 2. The Labute approximate surface area is 197 Å². The second kappa shape index (κ2) is 8.10. The topological polar surface area (TPSA) is 76.0 Å². The summed E-state index contributed by atoms with van der Waals surface area (Å²) in [5, 5.41) is 26.4. The zero-order valence-electron chi connectivity index (χ0n) is 20.4. The van der Waals surface area contributed by atoms with Crippen molar-refractivity contribution in [1.82, 2.24) is 15.1 Å². The van der Waals surface area contributed by atoms with Gasteiger partial charge in [0.15, 0.2) is 5.72 Å². The molecule has 3 aliphatic carbocycles. The van der Waals surface area contributed by atoms with Crippen LogP contribution >= 0.6 is 0 Å². The quantitative estimate of drug-likeness (QED) is 0.591. The molecule has 4 aliphatic rings. The van der Waals surface area contributed by atoms with Crippen LogP contribution < -0.4 is 5.32 Å². The zero-order valence-corrected chi connectivity index (χ0v) is 20.4. The van der Waals surface area contributed by atoms with Gasteiger partial charge in [0.05, 0.1) is 6.10 Å². The molecule has 6 nitrogen and oxygen atoms in total. The molecule has 1 heterocycles. The van der Waals surface area contributed by atoms with E-state index in [0.717, 1.165) is 43.4 Å². The average molecular weight is 454 g/mol. The Balaban J connectivity index is 1.60. The van der Waals surface area contributed by atoms with Crippen LogP contribution in [-0.2, 0) is 6.42 Å². The number of fused-ring (bicyclic) bond motifs is 2. The fourth-order valence-corrected chi connectivity index (χ4v) is 6.95. The molecule has 6 heteroatoms. The van der Waals surface area contributed by atoms with Crippen molar-refractivity contribution < 1.29 is 15.0 Å². The third-order valence-corrected chi connectivity index (χ3v) is 8.45. The third kappa shape index (κ3) is 3.53. The highest BCUT2D eigenvalue weighted by Gasteiger charge is 2.72. The molecule has 2 saturated carbocycles. The average Bonchev–Trinajstić information content (AvgIpc) is 3.24. The van der Waals surface area contributed by atoms with E-state index < -0.39 is 5.72 Å². The lowest BCUT2D eigenvalue weighted by Gasteiger charge is -2.49. The summed E-state index contributed by atoms with van der Waals surface area (Å²) in [6.45, 7) is 9.14. The van der Waals surface area contributed by atoms with Gasteiger partial charge in [-0.3, -0.25) is 9.80 Å². The van der Waals surface area contributed by atoms with Crippen LogP contribution in [0, 0.1) is 17.8 Å². The standard InChI is InChI=1S/C27H39N3O3/c1-5-30-25(32)29(16-17(2)3)24-20-15-27(20,28-21-12-9-13-22(21)31)19(23(24)26(30,4)33)14-18-10-7-6-8-11-18/h6-8,10-11,17,19-22,28,31,33H,5,9,12-16H2,1-4H3. The molecule has 180 valence electrons.